The largest absolute Gasteiger partial charge is 0.478 e. The van der Waals surface area contributed by atoms with Gasteiger partial charge in [-0.15, -0.1) is 0 Å². The lowest BCUT2D eigenvalue weighted by atomic mass is 10.1. The molecule has 0 aliphatic heterocycles. The molecular formula is C13H10Cl2N2O2. The summed E-state index contributed by atoms with van der Waals surface area (Å²) in [4.78, 5) is 19.1. The van der Waals surface area contributed by atoms with Crippen LogP contribution in [0.15, 0.2) is 24.4 Å². The van der Waals surface area contributed by atoms with Gasteiger partial charge in [-0.05, 0) is 24.6 Å². The molecule has 0 amide bonds. The lowest BCUT2D eigenvalue weighted by Gasteiger charge is -2.06. The maximum Gasteiger partial charge on any atom is 0.339 e. The summed E-state index contributed by atoms with van der Waals surface area (Å²) in [6, 6.07) is 5.19. The Morgan fingerprint density at radius 3 is 2.68 bits per heavy atom. The second-order valence-corrected chi connectivity index (χ2v) is 4.85. The van der Waals surface area contributed by atoms with Gasteiger partial charge in [0, 0.05) is 22.7 Å². The van der Waals surface area contributed by atoms with Crippen LogP contribution < -0.4 is 0 Å². The quantitative estimate of drug-likeness (QED) is 0.943. The molecule has 2 aromatic rings. The molecule has 0 radical (unpaired) electrons. The number of carboxylic acids is 1. The predicted octanol–water partition coefficient (Wildman–Crippen LogP) is 3.38. The van der Waals surface area contributed by atoms with Crippen molar-refractivity contribution in [3.63, 3.8) is 0 Å². The highest BCUT2D eigenvalue weighted by atomic mass is 35.5. The van der Waals surface area contributed by atoms with Crippen LogP contribution in [0.3, 0.4) is 0 Å². The van der Waals surface area contributed by atoms with Crippen LogP contribution in [0.4, 0.5) is 0 Å². The Kier molecular flexibility index (Phi) is 4.02. The monoisotopic (exact) mass is 296 g/mol. The summed E-state index contributed by atoms with van der Waals surface area (Å²) in [6.07, 6.45) is 1.74. The Labute approximate surface area is 120 Å². The average molecular weight is 297 g/mol. The first-order valence-corrected chi connectivity index (χ1v) is 6.22. The van der Waals surface area contributed by atoms with E-state index >= 15 is 0 Å². The average Bonchev–Trinajstić information content (AvgIpc) is 2.32. The number of hydrogen-bond acceptors (Lipinski definition) is 3. The third-order valence-corrected chi connectivity index (χ3v) is 3.21. The van der Waals surface area contributed by atoms with Gasteiger partial charge in [0.15, 0.2) is 0 Å². The zero-order chi connectivity index (χ0) is 14.0. The van der Waals surface area contributed by atoms with E-state index in [0.29, 0.717) is 28.0 Å². The number of benzene rings is 1. The Bertz CT molecular complexity index is 645. The van der Waals surface area contributed by atoms with E-state index in [9.17, 15) is 4.79 Å². The molecule has 1 aromatic carbocycles. The van der Waals surface area contributed by atoms with Gasteiger partial charge in [-0.1, -0.05) is 29.3 Å². The van der Waals surface area contributed by atoms with Gasteiger partial charge in [0.25, 0.3) is 0 Å². The molecule has 1 N–H and O–H groups in total. The molecule has 2 rings (SSSR count). The number of hydrogen-bond donors (Lipinski definition) is 1. The fourth-order valence-corrected chi connectivity index (χ4v) is 2.12. The summed E-state index contributed by atoms with van der Waals surface area (Å²) in [5.41, 5.74) is 1.38. The molecule has 19 heavy (non-hydrogen) atoms. The number of aromatic nitrogens is 2. The minimum Gasteiger partial charge on any atom is -0.478 e. The highest BCUT2D eigenvalue weighted by Gasteiger charge is 2.11. The van der Waals surface area contributed by atoms with Crippen molar-refractivity contribution in [2.24, 2.45) is 0 Å². The molecular weight excluding hydrogens is 287 g/mol. The third kappa shape index (κ3) is 3.22. The minimum absolute atomic E-state index is 0.103. The summed E-state index contributed by atoms with van der Waals surface area (Å²) >= 11 is 11.9. The van der Waals surface area contributed by atoms with E-state index in [0.717, 1.165) is 5.56 Å². The fraction of sp³-hybridized carbons (Fsp3) is 0.154. The molecule has 1 aromatic heterocycles. The van der Waals surface area contributed by atoms with E-state index in [1.807, 2.05) is 0 Å². The Hall–Kier alpha value is -1.65. The van der Waals surface area contributed by atoms with Gasteiger partial charge in [-0.2, -0.15) is 0 Å². The first-order valence-electron chi connectivity index (χ1n) is 5.47. The number of aryl methyl sites for hydroxylation is 1. The molecule has 0 fully saturated rings. The van der Waals surface area contributed by atoms with Crippen LogP contribution in [0.2, 0.25) is 10.0 Å². The van der Waals surface area contributed by atoms with E-state index < -0.39 is 5.97 Å². The fourth-order valence-electron chi connectivity index (χ4n) is 1.65. The highest BCUT2D eigenvalue weighted by molar-refractivity contribution is 6.35. The maximum atomic E-state index is 10.9. The smallest absolute Gasteiger partial charge is 0.339 e. The Morgan fingerprint density at radius 2 is 2.11 bits per heavy atom. The van der Waals surface area contributed by atoms with Gasteiger partial charge >= 0.3 is 5.97 Å². The SMILES string of the molecule is Cc1nc(Cc2ccc(Cl)cc2Cl)ncc1C(=O)O. The molecule has 0 unspecified atom stereocenters. The van der Waals surface area contributed by atoms with Crippen molar-refractivity contribution in [1.29, 1.82) is 0 Å². The molecule has 0 bridgehead atoms. The first kappa shape index (κ1) is 13.8. The van der Waals surface area contributed by atoms with Crippen LogP contribution in [0.25, 0.3) is 0 Å². The van der Waals surface area contributed by atoms with Gasteiger partial charge in [-0.3, -0.25) is 0 Å². The van der Waals surface area contributed by atoms with E-state index in [1.165, 1.54) is 6.20 Å². The standard InChI is InChI=1S/C13H10Cl2N2O2/c1-7-10(13(18)19)6-16-12(17-7)4-8-2-3-9(14)5-11(8)15/h2-3,5-6H,4H2,1H3,(H,18,19). The zero-order valence-corrected chi connectivity index (χ0v) is 11.5. The van der Waals surface area contributed by atoms with Crippen molar-refractivity contribution < 1.29 is 9.90 Å². The highest BCUT2D eigenvalue weighted by Crippen LogP contribution is 2.22. The lowest BCUT2D eigenvalue weighted by molar-refractivity contribution is 0.0695. The lowest BCUT2D eigenvalue weighted by Crippen LogP contribution is -2.06. The first-order chi connectivity index (χ1) is 8.97. The minimum atomic E-state index is -1.03. The number of carbonyl (C=O) groups is 1. The van der Waals surface area contributed by atoms with Gasteiger partial charge in [0.2, 0.25) is 0 Å². The van der Waals surface area contributed by atoms with E-state index in [-0.39, 0.29) is 5.56 Å². The molecule has 0 saturated carbocycles. The van der Waals surface area contributed by atoms with Crippen LogP contribution in [0.5, 0.6) is 0 Å². The zero-order valence-electron chi connectivity index (χ0n) is 10.0. The molecule has 4 nitrogen and oxygen atoms in total. The molecule has 1 heterocycles. The van der Waals surface area contributed by atoms with Crippen LogP contribution >= 0.6 is 23.2 Å². The molecule has 98 valence electrons. The molecule has 6 heteroatoms. The van der Waals surface area contributed by atoms with Crippen LogP contribution in [-0.2, 0) is 6.42 Å². The van der Waals surface area contributed by atoms with E-state index in [1.54, 1.807) is 25.1 Å². The van der Waals surface area contributed by atoms with Gasteiger partial charge in [-0.25, -0.2) is 14.8 Å². The van der Waals surface area contributed by atoms with Crippen molar-refractivity contribution in [2.45, 2.75) is 13.3 Å². The van der Waals surface area contributed by atoms with Crippen LogP contribution in [-0.4, -0.2) is 21.0 Å². The van der Waals surface area contributed by atoms with Gasteiger partial charge < -0.3 is 5.11 Å². The summed E-state index contributed by atoms with van der Waals surface area (Å²) in [5.74, 6) is -0.514. The topological polar surface area (TPSA) is 63.1 Å². The van der Waals surface area contributed by atoms with Crippen LogP contribution in [0, 0.1) is 6.92 Å². The summed E-state index contributed by atoms with van der Waals surface area (Å²) in [5, 5.41) is 10.0. The van der Waals surface area contributed by atoms with E-state index in [2.05, 4.69) is 9.97 Å². The van der Waals surface area contributed by atoms with Crippen molar-refractivity contribution in [2.75, 3.05) is 0 Å². The number of aromatic carboxylic acids is 1. The van der Waals surface area contributed by atoms with Crippen molar-refractivity contribution in [1.82, 2.24) is 9.97 Å². The summed E-state index contributed by atoms with van der Waals surface area (Å²) < 4.78 is 0. The van der Waals surface area contributed by atoms with Crippen molar-refractivity contribution >= 4 is 29.2 Å². The molecule has 0 aliphatic carbocycles. The molecule has 0 aliphatic rings. The van der Waals surface area contributed by atoms with Crippen molar-refractivity contribution in [3.8, 4) is 0 Å². The van der Waals surface area contributed by atoms with Gasteiger partial charge in [0.1, 0.15) is 5.82 Å². The third-order valence-electron chi connectivity index (χ3n) is 2.62. The Balaban J connectivity index is 2.29. The van der Waals surface area contributed by atoms with E-state index in [4.69, 9.17) is 28.3 Å². The van der Waals surface area contributed by atoms with Crippen LogP contribution in [0.1, 0.15) is 27.4 Å². The maximum absolute atomic E-state index is 10.9. The van der Waals surface area contributed by atoms with Gasteiger partial charge in [0.05, 0.1) is 11.3 Å². The number of rotatable bonds is 3. The molecule has 0 saturated heterocycles. The summed E-state index contributed by atoms with van der Waals surface area (Å²) in [7, 11) is 0. The summed E-state index contributed by atoms with van der Waals surface area (Å²) in [6.45, 7) is 1.64. The second-order valence-electron chi connectivity index (χ2n) is 4.00. The Morgan fingerprint density at radius 1 is 1.37 bits per heavy atom. The number of halogens is 2. The number of carboxylic acid groups (broad SMARTS) is 1. The number of nitrogens with zero attached hydrogens (tertiary/aromatic N) is 2. The molecule has 0 atom stereocenters. The molecule has 0 spiro atoms. The predicted molar refractivity (Wildman–Crippen MR) is 73.0 cm³/mol. The normalized spacial score (nSPS) is 10.5. The van der Waals surface area contributed by atoms with Crippen molar-refractivity contribution in [3.05, 3.63) is 57.1 Å². The second kappa shape index (κ2) is 5.55.